The number of rotatable bonds is 0. The van der Waals surface area contributed by atoms with Crippen LogP contribution < -0.4 is 0 Å². The summed E-state index contributed by atoms with van der Waals surface area (Å²) in [6.07, 6.45) is 7.63. The van der Waals surface area contributed by atoms with E-state index in [0.717, 1.165) is 6.54 Å². The highest BCUT2D eigenvalue weighted by Gasteiger charge is 2.39. The molecule has 0 aromatic rings. The van der Waals surface area contributed by atoms with Gasteiger partial charge in [0.05, 0.1) is 0 Å². The van der Waals surface area contributed by atoms with Gasteiger partial charge >= 0.3 is 0 Å². The van der Waals surface area contributed by atoms with Gasteiger partial charge < -0.3 is 0 Å². The summed E-state index contributed by atoms with van der Waals surface area (Å²) in [5.41, 5.74) is 0.479. The van der Waals surface area contributed by atoms with Gasteiger partial charge in [0.1, 0.15) is 0 Å². The molecule has 0 aromatic carbocycles. The lowest BCUT2D eigenvalue weighted by molar-refractivity contribution is 0.295. The molecule has 0 radical (unpaired) electrons. The molecule has 0 aliphatic carbocycles. The molecule has 1 spiro atoms. The number of hydrogen-bond acceptors (Lipinski definition) is 2. The van der Waals surface area contributed by atoms with Gasteiger partial charge in [0, 0.05) is 22.9 Å². The second-order valence-electron chi connectivity index (χ2n) is 5.04. The lowest BCUT2D eigenvalue weighted by Gasteiger charge is -2.43. The molecule has 2 aliphatic heterocycles. The van der Waals surface area contributed by atoms with Gasteiger partial charge in [-0.15, -0.1) is 0 Å². The molecule has 1 nitrogen and oxygen atoms in total. The molecule has 1 atom stereocenters. The molecule has 0 N–H and O–H groups in total. The van der Waals surface area contributed by atoms with Gasteiger partial charge in [-0.2, -0.15) is 11.8 Å². The fourth-order valence-electron chi connectivity index (χ4n) is 2.69. The third kappa shape index (κ3) is 2.09. The fourth-order valence-corrected chi connectivity index (χ4v) is 4.14. The largest absolute Gasteiger partial charge is 0.297 e. The van der Waals surface area contributed by atoms with Gasteiger partial charge in [-0.05, 0) is 31.4 Å². The van der Waals surface area contributed by atoms with Gasteiger partial charge in [-0.1, -0.05) is 13.8 Å². The van der Waals surface area contributed by atoms with Gasteiger partial charge in [0.2, 0.25) is 0 Å². The minimum atomic E-state index is 0.474. The first-order chi connectivity index (χ1) is 6.12. The molecule has 0 saturated carbocycles. The molecule has 1 saturated heterocycles. The molecule has 0 bridgehead atoms. The van der Waals surface area contributed by atoms with E-state index in [9.17, 15) is 0 Å². The summed E-state index contributed by atoms with van der Waals surface area (Å²) in [7, 11) is 0. The summed E-state index contributed by atoms with van der Waals surface area (Å²) in [6, 6.07) is 0. The van der Waals surface area contributed by atoms with Crippen molar-refractivity contribution in [2.75, 3.05) is 12.3 Å². The van der Waals surface area contributed by atoms with Crippen LogP contribution in [-0.4, -0.2) is 23.3 Å². The van der Waals surface area contributed by atoms with Crippen LogP contribution in [0.25, 0.3) is 0 Å². The molecular formula is C11H19NS. The SMILES string of the molecule is CC1(C)C[C@@]2(C=NCCC2)CCS1. The van der Waals surface area contributed by atoms with E-state index in [-0.39, 0.29) is 0 Å². The van der Waals surface area contributed by atoms with E-state index in [4.69, 9.17) is 0 Å². The smallest absolute Gasteiger partial charge is 0.0385 e. The van der Waals surface area contributed by atoms with Crippen LogP contribution in [0.5, 0.6) is 0 Å². The Labute approximate surface area is 85.4 Å². The van der Waals surface area contributed by atoms with Crippen LogP contribution in [0.3, 0.4) is 0 Å². The molecule has 1 fully saturated rings. The van der Waals surface area contributed by atoms with Crippen LogP contribution in [0, 0.1) is 5.41 Å². The van der Waals surface area contributed by atoms with E-state index < -0.39 is 0 Å². The van der Waals surface area contributed by atoms with E-state index in [1.54, 1.807) is 0 Å². The Morgan fingerprint density at radius 1 is 1.31 bits per heavy atom. The van der Waals surface area contributed by atoms with Gasteiger partial charge in [-0.25, -0.2) is 0 Å². The first kappa shape index (κ1) is 9.57. The standard InChI is InChI=1S/C11H19NS/c1-10(2)8-11(5-7-13-10)4-3-6-12-9-11/h9H,3-8H2,1-2H3/t11-/m0/s1. The van der Waals surface area contributed by atoms with Gasteiger partial charge in [-0.3, -0.25) is 4.99 Å². The summed E-state index contributed by atoms with van der Waals surface area (Å²) in [5.74, 6) is 1.32. The van der Waals surface area contributed by atoms with Crippen molar-refractivity contribution >= 4 is 18.0 Å². The highest BCUT2D eigenvalue weighted by molar-refractivity contribution is 8.00. The van der Waals surface area contributed by atoms with Crippen molar-refractivity contribution in [1.29, 1.82) is 0 Å². The zero-order chi connectivity index (χ0) is 9.36. The molecule has 2 aliphatic rings. The summed E-state index contributed by atoms with van der Waals surface area (Å²) in [4.78, 5) is 4.49. The molecule has 13 heavy (non-hydrogen) atoms. The number of aliphatic imine (C=N–C) groups is 1. The molecule has 0 amide bonds. The molecule has 0 aromatic heterocycles. The van der Waals surface area contributed by atoms with Crippen molar-refractivity contribution < 1.29 is 0 Å². The van der Waals surface area contributed by atoms with E-state index >= 15 is 0 Å². The summed E-state index contributed by atoms with van der Waals surface area (Å²) in [5, 5.41) is 0. The maximum absolute atomic E-state index is 4.49. The zero-order valence-electron chi connectivity index (χ0n) is 8.68. The fraction of sp³-hybridized carbons (Fsp3) is 0.909. The average Bonchev–Trinajstić information content (AvgIpc) is 2.03. The topological polar surface area (TPSA) is 12.4 Å². The number of hydrogen-bond donors (Lipinski definition) is 0. The summed E-state index contributed by atoms with van der Waals surface area (Å²) >= 11 is 2.13. The highest BCUT2D eigenvalue weighted by atomic mass is 32.2. The van der Waals surface area contributed by atoms with Crippen LogP contribution in [-0.2, 0) is 0 Å². The normalized spacial score (nSPS) is 38.0. The summed E-state index contributed by atoms with van der Waals surface area (Å²) in [6.45, 7) is 5.82. The Balaban J connectivity index is 2.13. The monoisotopic (exact) mass is 197 g/mol. The van der Waals surface area contributed by atoms with Crippen molar-refractivity contribution in [2.45, 2.75) is 44.3 Å². The van der Waals surface area contributed by atoms with Crippen molar-refractivity contribution in [3.05, 3.63) is 0 Å². The minimum Gasteiger partial charge on any atom is -0.297 e. The van der Waals surface area contributed by atoms with Crippen LogP contribution in [0.4, 0.5) is 0 Å². The Kier molecular flexibility index (Phi) is 2.43. The molecule has 2 heteroatoms. The predicted molar refractivity (Wildman–Crippen MR) is 60.8 cm³/mol. The molecule has 2 rings (SSSR count). The Bertz CT molecular complexity index is 222. The lowest BCUT2D eigenvalue weighted by Crippen LogP contribution is -2.38. The summed E-state index contributed by atoms with van der Waals surface area (Å²) < 4.78 is 0.474. The Hall–Kier alpha value is 0.0200. The van der Waals surface area contributed by atoms with Crippen molar-refractivity contribution in [3.63, 3.8) is 0 Å². The molecular weight excluding hydrogens is 178 g/mol. The lowest BCUT2D eigenvalue weighted by atomic mass is 9.73. The minimum absolute atomic E-state index is 0.474. The molecule has 0 unspecified atom stereocenters. The van der Waals surface area contributed by atoms with Crippen LogP contribution in [0.1, 0.15) is 39.5 Å². The maximum atomic E-state index is 4.49. The van der Waals surface area contributed by atoms with E-state index in [2.05, 4.69) is 36.8 Å². The predicted octanol–water partition coefficient (Wildman–Crippen LogP) is 3.14. The van der Waals surface area contributed by atoms with Crippen molar-refractivity contribution in [3.8, 4) is 0 Å². The van der Waals surface area contributed by atoms with Crippen LogP contribution in [0.2, 0.25) is 0 Å². The van der Waals surface area contributed by atoms with E-state index in [0.29, 0.717) is 10.2 Å². The Morgan fingerprint density at radius 2 is 2.15 bits per heavy atom. The highest BCUT2D eigenvalue weighted by Crippen LogP contribution is 2.47. The van der Waals surface area contributed by atoms with E-state index in [1.165, 1.54) is 31.4 Å². The van der Waals surface area contributed by atoms with Crippen molar-refractivity contribution in [1.82, 2.24) is 0 Å². The first-order valence-electron chi connectivity index (χ1n) is 5.27. The van der Waals surface area contributed by atoms with E-state index in [1.807, 2.05) is 0 Å². The Morgan fingerprint density at radius 3 is 2.77 bits per heavy atom. The second-order valence-corrected chi connectivity index (χ2v) is 6.84. The first-order valence-corrected chi connectivity index (χ1v) is 6.26. The zero-order valence-corrected chi connectivity index (χ0v) is 9.49. The molecule has 74 valence electrons. The third-order valence-corrected chi connectivity index (χ3v) is 4.53. The number of nitrogens with zero attached hydrogens (tertiary/aromatic N) is 1. The third-order valence-electron chi connectivity index (χ3n) is 3.20. The molecule has 2 heterocycles. The number of thioether (sulfide) groups is 1. The quantitative estimate of drug-likeness (QED) is 0.581. The average molecular weight is 197 g/mol. The van der Waals surface area contributed by atoms with Gasteiger partial charge in [0.25, 0.3) is 0 Å². The van der Waals surface area contributed by atoms with Gasteiger partial charge in [0.15, 0.2) is 0 Å². The van der Waals surface area contributed by atoms with Crippen molar-refractivity contribution in [2.24, 2.45) is 10.4 Å². The van der Waals surface area contributed by atoms with Crippen LogP contribution in [0.15, 0.2) is 4.99 Å². The second kappa shape index (κ2) is 3.30. The van der Waals surface area contributed by atoms with Crippen LogP contribution >= 0.6 is 11.8 Å². The maximum Gasteiger partial charge on any atom is 0.0385 e.